The van der Waals surface area contributed by atoms with Crippen LogP contribution in [0.1, 0.15) is 34.0 Å². The number of benzene rings is 1. The van der Waals surface area contributed by atoms with E-state index >= 15 is 0 Å². The maximum atomic E-state index is 12.6. The summed E-state index contributed by atoms with van der Waals surface area (Å²) in [5.41, 5.74) is 1.75. The maximum Gasteiger partial charge on any atom is 0.471 e. The number of carbonyl (C=O) groups is 1. The molecule has 0 aliphatic carbocycles. The smallest absolute Gasteiger partial charge is 0.471 e. The van der Waals surface area contributed by atoms with Crippen molar-refractivity contribution < 1.29 is 41.6 Å². The number of nitrogens with zero attached hydrogens (tertiary/aromatic N) is 3. The number of hydrogen-bond donors (Lipinski definition) is 1. The average Bonchev–Trinajstić information content (AvgIpc) is 3.32. The molecule has 2 heterocycles. The molecule has 1 aromatic carbocycles. The predicted molar refractivity (Wildman–Crippen MR) is 93.3 cm³/mol. The van der Waals surface area contributed by atoms with E-state index in [0.29, 0.717) is 28.9 Å². The average molecular weight is 427 g/mol. The van der Waals surface area contributed by atoms with Crippen LogP contribution in [0.2, 0.25) is 0 Å². The van der Waals surface area contributed by atoms with Crippen molar-refractivity contribution in [3.8, 4) is 23.0 Å². The minimum Gasteiger partial charge on any atom is -0.493 e. The molecule has 0 unspecified atom stereocenters. The molecule has 0 saturated heterocycles. The third-order valence-electron chi connectivity index (χ3n) is 3.87. The van der Waals surface area contributed by atoms with E-state index in [0.717, 1.165) is 0 Å². The van der Waals surface area contributed by atoms with Gasteiger partial charge >= 0.3 is 18.0 Å². The standard InChI is InChI=1S/C18H16F3N3O6/c1-9-6-11(15-22-17(30-24-15)18(19,20)21)7-10(2)14(9)28-5-3-4-27-13-8-12(16(25)26)29-23-13/h6-8H,3-5H2,1-2H3,(H,25,26). The summed E-state index contributed by atoms with van der Waals surface area (Å²) in [7, 11) is 0. The van der Waals surface area contributed by atoms with Gasteiger partial charge in [-0.1, -0.05) is 5.16 Å². The van der Waals surface area contributed by atoms with E-state index in [1.807, 2.05) is 0 Å². The number of aryl methyl sites for hydroxylation is 2. The SMILES string of the molecule is Cc1cc(-c2noc(C(F)(F)F)n2)cc(C)c1OCCCOc1cc(C(=O)O)on1. The van der Waals surface area contributed by atoms with Crippen molar-refractivity contribution in [1.82, 2.24) is 15.3 Å². The van der Waals surface area contributed by atoms with Gasteiger partial charge in [-0.25, -0.2) is 4.79 Å². The fourth-order valence-corrected chi connectivity index (χ4v) is 2.60. The summed E-state index contributed by atoms with van der Waals surface area (Å²) in [6.07, 6.45) is -4.24. The van der Waals surface area contributed by atoms with Crippen molar-refractivity contribution >= 4 is 5.97 Å². The van der Waals surface area contributed by atoms with Gasteiger partial charge in [-0.15, -0.1) is 0 Å². The first-order valence-electron chi connectivity index (χ1n) is 8.63. The van der Waals surface area contributed by atoms with Crippen LogP contribution < -0.4 is 9.47 Å². The second kappa shape index (κ2) is 8.43. The van der Waals surface area contributed by atoms with Gasteiger partial charge in [-0.3, -0.25) is 0 Å². The van der Waals surface area contributed by atoms with Crippen molar-refractivity contribution in [1.29, 1.82) is 0 Å². The van der Waals surface area contributed by atoms with Gasteiger partial charge in [0.2, 0.25) is 11.6 Å². The van der Waals surface area contributed by atoms with Crippen LogP contribution in [0.4, 0.5) is 13.2 Å². The molecule has 0 bridgehead atoms. The lowest BCUT2D eigenvalue weighted by Crippen LogP contribution is -2.07. The number of ether oxygens (including phenoxy) is 2. The lowest BCUT2D eigenvalue weighted by atomic mass is 10.1. The largest absolute Gasteiger partial charge is 0.493 e. The van der Waals surface area contributed by atoms with Gasteiger partial charge in [-0.05, 0) is 42.3 Å². The van der Waals surface area contributed by atoms with Crippen LogP contribution in [-0.2, 0) is 6.18 Å². The van der Waals surface area contributed by atoms with Gasteiger partial charge in [0, 0.05) is 12.0 Å². The van der Waals surface area contributed by atoms with E-state index in [-0.39, 0.29) is 30.7 Å². The first-order chi connectivity index (χ1) is 14.1. The van der Waals surface area contributed by atoms with Crippen molar-refractivity contribution in [2.75, 3.05) is 13.2 Å². The number of carboxylic acid groups (broad SMARTS) is 1. The van der Waals surface area contributed by atoms with E-state index in [4.69, 9.17) is 14.6 Å². The van der Waals surface area contributed by atoms with Gasteiger partial charge in [0.25, 0.3) is 5.88 Å². The molecule has 0 amide bonds. The summed E-state index contributed by atoms with van der Waals surface area (Å²) in [4.78, 5) is 14.1. The molecular weight excluding hydrogens is 411 g/mol. The van der Waals surface area contributed by atoms with E-state index in [9.17, 15) is 18.0 Å². The second-order valence-corrected chi connectivity index (χ2v) is 6.25. The Morgan fingerprint density at radius 2 is 1.73 bits per heavy atom. The summed E-state index contributed by atoms with van der Waals surface area (Å²) < 4.78 is 57.7. The van der Waals surface area contributed by atoms with Crippen LogP contribution in [-0.4, -0.2) is 39.6 Å². The lowest BCUT2D eigenvalue weighted by molar-refractivity contribution is -0.159. The second-order valence-electron chi connectivity index (χ2n) is 6.25. The number of rotatable bonds is 8. The van der Waals surface area contributed by atoms with Crippen LogP contribution in [0.5, 0.6) is 11.6 Å². The van der Waals surface area contributed by atoms with E-state index in [1.54, 1.807) is 26.0 Å². The molecule has 0 atom stereocenters. The van der Waals surface area contributed by atoms with E-state index in [2.05, 4.69) is 24.3 Å². The van der Waals surface area contributed by atoms with Gasteiger partial charge in [0.15, 0.2) is 0 Å². The van der Waals surface area contributed by atoms with Crippen LogP contribution in [0, 0.1) is 13.8 Å². The molecular formula is C18H16F3N3O6. The third-order valence-corrected chi connectivity index (χ3v) is 3.87. The molecule has 9 nitrogen and oxygen atoms in total. The Morgan fingerprint density at radius 3 is 2.30 bits per heavy atom. The van der Waals surface area contributed by atoms with Crippen molar-refractivity contribution in [3.63, 3.8) is 0 Å². The Balaban J connectivity index is 1.56. The molecule has 0 fully saturated rings. The molecule has 1 N–H and O–H groups in total. The molecule has 3 rings (SSSR count). The fraction of sp³-hybridized carbons (Fsp3) is 0.333. The molecule has 2 aromatic heterocycles. The van der Waals surface area contributed by atoms with E-state index in [1.165, 1.54) is 6.07 Å². The number of halogens is 3. The van der Waals surface area contributed by atoms with Crippen LogP contribution in [0.15, 0.2) is 27.2 Å². The van der Waals surface area contributed by atoms with Crippen LogP contribution in [0.3, 0.4) is 0 Å². The van der Waals surface area contributed by atoms with Crippen molar-refractivity contribution in [2.45, 2.75) is 26.4 Å². The van der Waals surface area contributed by atoms with Crippen molar-refractivity contribution in [2.24, 2.45) is 0 Å². The number of aromatic nitrogens is 3. The summed E-state index contributed by atoms with van der Waals surface area (Å²) in [5.74, 6) is -2.50. The first-order valence-corrected chi connectivity index (χ1v) is 8.63. The van der Waals surface area contributed by atoms with Gasteiger partial charge < -0.3 is 23.6 Å². The lowest BCUT2D eigenvalue weighted by Gasteiger charge is -2.13. The highest BCUT2D eigenvalue weighted by atomic mass is 19.4. The summed E-state index contributed by atoms with van der Waals surface area (Å²) in [6, 6.07) is 4.37. The summed E-state index contributed by atoms with van der Waals surface area (Å²) in [5, 5.41) is 15.6. The summed E-state index contributed by atoms with van der Waals surface area (Å²) >= 11 is 0. The Bertz CT molecular complexity index is 1020. The minimum absolute atomic E-state index is 0.0578. The number of hydrogen-bond acceptors (Lipinski definition) is 8. The highest BCUT2D eigenvalue weighted by molar-refractivity contribution is 5.84. The monoisotopic (exact) mass is 427 g/mol. The van der Waals surface area contributed by atoms with Crippen LogP contribution >= 0.6 is 0 Å². The van der Waals surface area contributed by atoms with Crippen molar-refractivity contribution in [3.05, 3.63) is 41.0 Å². The molecule has 0 spiro atoms. The molecule has 0 saturated carbocycles. The maximum absolute atomic E-state index is 12.6. The number of aromatic carboxylic acids is 1. The molecule has 12 heteroatoms. The number of carboxylic acids is 1. The minimum atomic E-state index is -4.71. The molecule has 0 radical (unpaired) electrons. The zero-order chi connectivity index (χ0) is 21.9. The quantitative estimate of drug-likeness (QED) is 0.533. The highest BCUT2D eigenvalue weighted by Crippen LogP contribution is 2.32. The molecule has 160 valence electrons. The molecule has 30 heavy (non-hydrogen) atoms. The van der Waals surface area contributed by atoms with E-state index < -0.39 is 18.0 Å². The highest BCUT2D eigenvalue weighted by Gasteiger charge is 2.38. The third kappa shape index (κ3) is 4.88. The van der Waals surface area contributed by atoms with Gasteiger partial charge in [0.05, 0.1) is 19.3 Å². The Morgan fingerprint density at radius 1 is 1.07 bits per heavy atom. The predicted octanol–water partition coefficient (Wildman–Crippen LogP) is 3.91. The Labute approximate surface area is 167 Å². The summed E-state index contributed by atoms with van der Waals surface area (Å²) in [6.45, 7) is 3.99. The van der Waals surface area contributed by atoms with Crippen LogP contribution in [0.25, 0.3) is 11.4 Å². The fourth-order valence-electron chi connectivity index (χ4n) is 2.60. The number of alkyl halides is 3. The molecule has 3 aromatic rings. The van der Waals surface area contributed by atoms with Gasteiger partial charge in [-0.2, -0.15) is 18.2 Å². The topological polar surface area (TPSA) is 121 Å². The zero-order valence-corrected chi connectivity index (χ0v) is 15.8. The Hall–Kier alpha value is -3.57. The normalized spacial score (nSPS) is 11.5. The first kappa shape index (κ1) is 21.1. The zero-order valence-electron chi connectivity index (χ0n) is 15.8. The van der Waals surface area contributed by atoms with Gasteiger partial charge in [0.1, 0.15) is 5.75 Å². The molecule has 0 aliphatic heterocycles. The Kier molecular flexibility index (Phi) is 5.94. The molecule has 0 aliphatic rings.